The minimum absolute atomic E-state index is 0.668. The molecule has 0 amide bonds. The Kier molecular flexibility index (Phi) is 2.54. The van der Waals surface area contributed by atoms with Gasteiger partial charge in [0.15, 0.2) is 0 Å². The molecule has 18 heavy (non-hydrogen) atoms. The fourth-order valence-electron chi connectivity index (χ4n) is 2.04. The van der Waals surface area contributed by atoms with Crippen molar-refractivity contribution in [3.63, 3.8) is 0 Å². The number of hydrogen-bond donors (Lipinski definition) is 0. The quantitative estimate of drug-likeness (QED) is 0.682. The van der Waals surface area contributed by atoms with Crippen molar-refractivity contribution in [2.75, 3.05) is 0 Å². The van der Waals surface area contributed by atoms with E-state index in [0.717, 1.165) is 17.4 Å². The van der Waals surface area contributed by atoms with Crippen LogP contribution in [0.2, 0.25) is 0 Å². The first-order chi connectivity index (χ1) is 8.86. The van der Waals surface area contributed by atoms with E-state index in [-0.39, 0.29) is 0 Å². The zero-order valence-corrected chi connectivity index (χ0v) is 9.74. The van der Waals surface area contributed by atoms with E-state index in [1.54, 1.807) is 6.20 Å². The molecule has 86 valence electrons. The molecule has 0 atom stereocenters. The Morgan fingerprint density at radius 2 is 1.94 bits per heavy atom. The van der Waals surface area contributed by atoms with Gasteiger partial charge in [-0.1, -0.05) is 30.3 Å². The van der Waals surface area contributed by atoms with E-state index in [0.29, 0.717) is 5.56 Å². The molecule has 0 N–H and O–H groups in total. The molecular weight excluding hydrogens is 222 g/mol. The summed E-state index contributed by atoms with van der Waals surface area (Å²) < 4.78 is 1.95. The van der Waals surface area contributed by atoms with Gasteiger partial charge in [-0.15, -0.1) is 0 Å². The average Bonchev–Trinajstić information content (AvgIpc) is 2.82. The minimum Gasteiger partial charge on any atom is -0.260 e. The molecule has 0 unspecified atom stereocenters. The standard InChI is InChI=1S/C15H11N3/c16-9-13-6-7-15-14(8-13)10-17-18(15)11-12-4-2-1-3-5-12/h1-8,10H,11H2. The molecule has 0 bridgehead atoms. The summed E-state index contributed by atoms with van der Waals surface area (Å²) in [6.45, 7) is 0.746. The van der Waals surface area contributed by atoms with Crippen LogP contribution in [-0.2, 0) is 6.54 Å². The normalized spacial score (nSPS) is 10.4. The number of hydrogen-bond acceptors (Lipinski definition) is 2. The van der Waals surface area contributed by atoms with Gasteiger partial charge >= 0.3 is 0 Å². The molecule has 0 aliphatic heterocycles. The summed E-state index contributed by atoms with van der Waals surface area (Å²) in [4.78, 5) is 0. The SMILES string of the molecule is N#Cc1ccc2c(cnn2Cc2ccccc2)c1. The molecule has 0 fully saturated rings. The lowest BCUT2D eigenvalue weighted by Crippen LogP contribution is -2.00. The van der Waals surface area contributed by atoms with Crippen LogP contribution in [0.15, 0.2) is 54.7 Å². The molecular formula is C15H11N3. The molecule has 0 radical (unpaired) electrons. The summed E-state index contributed by atoms with van der Waals surface area (Å²) >= 11 is 0. The molecule has 3 nitrogen and oxygen atoms in total. The predicted octanol–water partition coefficient (Wildman–Crippen LogP) is 2.96. The zero-order valence-electron chi connectivity index (χ0n) is 9.74. The molecule has 3 aromatic rings. The summed E-state index contributed by atoms with van der Waals surface area (Å²) in [5, 5.41) is 14.2. The van der Waals surface area contributed by atoms with Gasteiger partial charge in [0.05, 0.1) is 29.9 Å². The largest absolute Gasteiger partial charge is 0.260 e. The smallest absolute Gasteiger partial charge is 0.0991 e. The van der Waals surface area contributed by atoms with Gasteiger partial charge in [0.2, 0.25) is 0 Å². The summed E-state index contributed by atoms with van der Waals surface area (Å²) in [5.41, 5.74) is 2.94. The molecule has 0 aliphatic rings. The van der Waals surface area contributed by atoms with Crippen molar-refractivity contribution in [2.24, 2.45) is 0 Å². The second kappa shape index (κ2) is 4.34. The van der Waals surface area contributed by atoms with Gasteiger partial charge < -0.3 is 0 Å². The van der Waals surface area contributed by atoms with Gasteiger partial charge in [0.25, 0.3) is 0 Å². The Morgan fingerprint density at radius 3 is 2.72 bits per heavy atom. The van der Waals surface area contributed by atoms with Crippen molar-refractivity contribution in [1.82, 2.24) is 9.78 Å². The van der Waals surface area contributed by atoms with Crippen molar-refractivity contribution < 1.29 is 0 Å². The number of nitrogens with zero attached hydrogens (tertiary/aromatic N) is 3. The fraction of sp³-hybridized carbons (Fsp3) is 0.0667. The third kappa shape index (κ3) is 1.85. The number of nitriles is 1. The molecule has 2 aromatic carbocycles. The Hall–Kier alpha value is -2.60. The molecule has 3 rings (SSSR count). The molecule has 1 heterocycles. The highest BCUT2D eigenvalue weighted by Crippen LogP contribution is 2.16. The van der Waals surface area contributed by atoms with Gasteiger partial charge in [-0.2, -0.15) is 10.4 Å². The number of benzene rings is 2. The lowest BCUT2D eigenvalue weighted by atomic mass is 10.2. The van der Waals surface area contributed by atoms with Crippen LogP contribution in [0.1, 0.15) is 11.1 Å². The van der Waals surface area contributed by atoms with E-state index in [1.807, 2.05) is 41.1 Å². The Bertz CT molecular complexity index is 720. The molecule has 0 saturated heterocycles. The van der Waals surface area contributed by atoms with Gasteiger partial charge in [-0.3, -0.25) is 4.68 Å². The summed E-state index contributed by atoms with van der Waals surface area (Å²) in [5.74, 6) is 0. The highest BCUT2D eigenvalue weighted by Gasteiger charge is 2.04. The molecule has 1 aromatic heterocycles. The van der Waals surface area contributed by atoms with Gasteiger partial charge in [0, 0.05) is 5.39 Å². The number of fused-ring (bicyclic) bond motifs is 1. The van der Waals surface area contributed by atoms with E-state index in [4.69, 9.17) is 5.26 Å². The lowest BCUT2D eigenvalue weighted by Gasteiger charge is -2.03. The highest BCUT2D eigenvalue weighted by atomic mass is 15.3. The third-order valence-electron chi connectivity index (χ3n) is 2.95. The topological polar surface area (TPSA) is 41.6 Å². The summed E-state index contributed by atoms with van der Waals surface area (Å²) in [6, 6.07) is 18.0. The molecule has 0 spiro atoms. The zero-order chi connectivity index (χ0) is 12.4. The minimum atomic E-state index is 0.668. The van der Waals surface area contributed by atoms with Crippen LogP contribution in [0, 0.1) is 11.3 Å². The van der Waals surface area contributed by atoms with Crippen molar-refractivity contribution in [3.05, 3.63) is 65.9 Å². The van der Waals surface area contributed by atoms with E-state index in [9.17, 15) is 0 Å². The van der Waals surface area contributed by atoms with Gasteiger partial charge in [-0.25, -0.2) is 0 Å². The Balaban J connectivity index is 2.01. The van der Waals surface area contributed by atoms with Crippen LogP contribution in [0.4, 0.5) is 0 Å². The van der Waals surface area contributed by atoms with Crippen LogP contribution in [0.5, 0.6) is 0 Å². The third-order valence-corrected chi connectivity index (χ3v) is 2.95. The Labute approximate surface area is 105 Å². The van der Waals surface area contributed by atoms with Crippen molar-refractivity contribution in [3.8, 4) is 6.07 Å². The van der Waals surface area contributed by atoms with Crippen molar-refractivity contribution in [2.45, 2.75) is 6.54 Å². The number of rotatable bonds is 2. The second-order valence-corrected chi connectivity index (χ2v) is 4.17. The maximum absolute atomic E-state index is 8.86. The first-order valence-corrected chi connectivity index (χ1v) is 5.76. The van der Waals surface area contributed by atoms with Gasteiger partial charge in [-0.05, 0) is 23.8 Å². The summed E-state index contributed by atoms with van der Waals surface area (Å²) in [6.07, 6.45) is 1.80. The van der Waals surface area contributed by atoms with Gasteiger partial charge in [0.1, 0.15) is 0 Å². The highest BCUT2D eigenvalue weighted by molar-refractivity contribution is 5.80. The lowest BCUT2D eigenvalue weighted by molar-refractivity contribution is 0.712. The maximum atomic E-state index is 8.86. The average molecular weight is 233 g/mol. The molecule has 0 saturated carbocycles. The van der Waals surface area contributed by atoms with Crippen LogP contribution in [0.25, 0.3) is 10.9 Å². The van der Waals surface area contributed by atoms with Crippen LogP contribution in [-0.4, -0.2) is 9.78 Å². The Morgan fingerprint density at radius 1 is 1.11 bits per heavy atom. The summed E-state index contributed by atoms with van der Waals surface area (Å²) in [7, 11) is 0. The van der Waals surface area contributed by atoms with E-state index < -0.39 is 0 Å². The number of aromatic nitrogens is 2. The first kappa shape index (κ1) is 10.5. The molecule has 0 aliphatic carbocycles. The first-order valence-electron chi connectivity index (χ1n) is 5.76. The predicted molar refractivity (Wildman–Crippen MR) is 70.0 cm³/mol. The van der Waals surface area contributed by atoms with Crippen LogP contribution in [0.3, 0.4) is 0 Å². The van der Waals surface area contributed by atoms with Crippen molar-refractivity contribution >= 4 is 10.9 Å². The van der Waals surface area contributed by atoms with Crippen LogP contribution < -0.4 is 0 Å². The maximum Gasteiger partial charge on any atom is 0.0991 e. The van der Waals surface area contributed by atoms with E-state index in [2.05, 4.69) is 23.3 Å². The van der Waals surface area contributed by atoms with E-state index in [1.165, 1.54) is 5.56 Å². The monoisotopic (exact) mass is 233 g/mol. The molecule has 3 heteroatoms. The fourth-order valence-corrected chi connectivity index (χ4v) is 2.04. The van der Waals surface area contributed by atoms with E-state index >= 15 is 0 Å². The van der Waals surface area contributed by atoms with Crippen LogP contribution >= 0.6 is 0 Å². The second-order valence-electron chi connectivity index (χ2n) is 4.17. The van der Waals surface area contributed by atoms with Crippen molar-refractivity contribution in [1.29, 1.82) is 5.26 Å².